The van der Waals surface area contributed by atoms with Crippen LogP contribution in [0, 0.1) is 29.6 Å². The van der Waals surface area contributed by atoms with Crippen LogP contribution in [-0.4, -0.2) is 12.6 Å². The Morgan fingerprint density at radius 1 is 1.64 bits per heavy atom. The zero-order valence-corrected chi connectivity index (χ0v) is 8.91. The molecule has 1 aliphatic carbocycles. The lowest BCUT2D eigenvalue weighted by Crippen LogP contribution is -2.10. The monoisotopic (exact) mass is 192 g/mol. The largest absolute Gasteiger partial charge is 0.452 e. The maximum absolute atomic E-state index is 11.5. The van der Waals surface area contributed by atoms with Crippen LogP contribution in [0.5, 0.6) is 0 Å². The standard InChI is InChI=1S/C12H16O2/c1-5-7-9-10(12(9,3)4)11(13)14-8-6-2/h2,5,7,9-10H,8H2,1,3-4H3. The van der Waals surface area contributed by atoms with Gasteiger partial charge in [-0.3, -0.25) is 4.79 Å². The van der Waals surface area contributed by atoms with Crippen LogP contribution in [0.15, 0.2) is 12.2 Å². The summed E-state index contributed by atoms with van der Waals surface area (Å²) in [7, 11) is 0. The molecule has 0 N–H and O–H groups in total. The van der Waals surface area contributed by atoms with Crippen LogP contribution in [0.25, 0.3) is 0 Å². The molecule has 0 aliphatic heterocycles. The summed E-state index contributed by atoms with van der Waals surface area (Å²) >= 11 is 0. The number of esters is 1. The van der Waals surface area contributed by atoms with E-state index in [9.17, 15) is 4.79 Å². The van der Waals surface area contributed by atoms with Crippen molar-refractivity contribution in [1.29, 1.82) is 0 Å². The molecular weight excluding hydrogens is 176 g/mol. The van der Waals surface area contributed by atoms with E-state index in [1.807, 2.05) is 13.0 Å². The van der Waals surface area contributed by atoms with E-state index >= 15 is 0 Å². The van der Waals surface area contributed by atoms with Crippen molar-refractivity contribution in [2.75, 3.05) is 6.61 Å². The van der Waals surface area contributed by atoms with Crippen LogP contribution in [0.4, 0.5) is 0 Å². The first-order valence-electron chi connectivity index (χ1n) is 4.78. The van der Waals surface area contributed by atoms with Gasteiger partial charge >= 0.3 is 5.97 Å². The molecule has 2 heteroatoms. The molecule has 0 aromatic carbocycles. The molecule has 1 aliphatic rings. The molecule has 2 nitrogen and oxygen atoms in total. The molecule has 2 unspecified atom stereocenters. The van der Waals surface area contributed by atoms with E-state index in [1.54, 1.807) is 0 Å². The molecule has 1 fully saturated rings. The second kappa shape index (κ2) is 3.88. The molecule has 0 radical (unpaired) electrons. The summed E-state index contributed by atoms with van der Waals surface area (Å²) in [6, 6.07) is 0. The van der Waals surface area contributed by atoms with Gasteiger partial charge in [-0.2, -0.15) is 0 Å². The van der Waals surface area contributed by atoms with Crippen LogP contribution in [0.3, 0.4) is 0 Å². The zero-order chi connectivity index (χ0) is 10.8. The minimum Gasteiger partial charge on any atom is -0.452 e. The lowest BCUT2D eigenvalue weighted by atomic mass is 10.1. The lowest BCUT2D eigenvalue weighted by molar-refractivity contribution is -0.144. The van der Waals surface area contributed by atoms with Gasteiger partial charge in [0, 0.05) is 0 Å². The normalized spacial score (nSPS) is 28.4. The second-order valence-corrected chi connectivity index (χ2v) is 4.16. The Kier molecular flexibility index (Phi) is 3.00. The number of terminal acetylenes is 1. The lowest BCUT2D eigenvalue weighted by Gasteiger charge is -2.01. The molecule has 0 aromatic heterocycles. The summed E-state index contributed by atoms with van der Waals surface area (Å²) in [6.07, 6.45) is 9.05. The quantitative estimate of drug-likeness (QED) is 0.388. The fourth-order valence-electron chi connectivity index (χ4n) is 1.90. The van der Waals surface area contributed by atoms with Crippen LogP contribution in [0.1, 0.15) is 20.8 Å². The third-order valence-electron chi connectivity index (χ3n) is 2.86. The fourth-order valence-corrected chi connectivity index (χ4v) is 1.90. The minimum atomic E-state index is -0.170. The van der Waals surface area contributed by atoms with Gasteiger partial charge in [-0.15, -0.1) is 6.42 Å². The Bertz CT molecular complexity index is 294. The SMILES string of the molecule is C#CCOC(=O)C1C(C=CC)C1(C)C. The van der Waals surface area contributed by atoms with E-state index < -0.39 is 0 Å². The smallest absolute Gasteiger partial charge is 0.311 e. The fraction of sp³-hybridized carbons (Fsp3) is 0.583. The second-order valence-electron chi connectivity index (χ2n) is 4.16. The molecule has 0 bridgehead atoms. The minimum absolute atomic E-state index is 0.0213. The highest BCUT2D eigenvalue weighted by Crippen LogP contribution is 2.59. The van der Waals surface area contributed by atoms with Crippen LogP contribution >= 0.6 is 0 Å². The topological polar surface area (TPSA) is 26.3 Å². The molecule has 0 heterocycles. The van der Waals surface area contributed by atoms with Crippen molar-refractivity contribution in [3.8, 4) is 12.3 Å². The first-order chi connectivity index (χ1) is 6.55. The van der Waals surface area contributed by atoms with Gasteiger partial charge in [0.25, 0.3) is 0 Å². The molecule has 14 heavy (non-hydrogen) atoms. The number of carbonyl (C=O) groups is 1. The predicted octanol–water partition coefficient (Wildman–Crippen LogP) is 2.01. The maximum Gasteiger partial charge on any atom is 0.311 e. The summed E-state index contributed by atoms with van der Waals surface area (Å²) in [5.41, 5.74) is 0.0260. The molecule has 76 valence electrons. The van der Waals surface area contributed by atoms with Crippen LogP contribution < -0.4 is 0 Å². The summed E-state index contributed by atoms with van der Waals surface area (Å²) in [5, 5.41) is 0. The molecule has 0 spiro atoms. The van der Waals surface area contributed by atoms with Gasteiger partial charge in [-0.25, -0.2) is 0 Å². The van der Waals surface area contributed by atoms with E-state index in [0.717, 1.165) is 0 Å². The Morgan fingerprint density at radius 3 is 2.79 bits per heavy atom. The predicted molar refractivity (Wildman–Crippen MR) is 55.4 cm³/mol. The average Bonchev–Trinajstić information content (AvgIpc) is 2.65. The first kappa shape index (κ1) is 10.8. The highest BCUT2D eigenvalue weighted by molar-refractivity contribution is 5.78. The van der Waals surface area contributed by atoms with Gasteiger partial charge in [0.1, 0.15) is 0 Å². The molecule has 1 saturated carbocycles. The van der Waals surface area contributed by atoms with E-state index in [-0.39, 0.29) is 23.9 Å². The highest BCUT2D eigenvalue weighted by Gasteiger charge is 2.61. The number of ether oxygens (including phenoxy) is 1. The van der Waals surface area contributed by atoms with Crippen molar-refractivity contribution < 1.29 is 9.53 Å². The van der Waals surface area contributed by atoms with Crippen molar-refractivity contribution in [3.05, 3.63) is 12.2 Å². The van der Waals surface area contributed by atoms with Crippen LogP contribution in [0.2, 0.25) is 0 Å². The first-order valence-corrected chi connectivity index (χ1v) is 4.78. The summed E-state index contributed by atoms with van der Waals surface area (Å²) in [6.45, 7) is 6.17. The summed E-state index contributed by atoms with van der Waals surface area (Å²) in [5.74, 6) is 2.41. The van der Waals surface area contributed by atoms with Gasteiger partial charge in [-0.05, 0) is 18.3 Å². The van der Waals surface area contributed by atoms with Gasteiger partial charge in [0.05, 0.1) is 5.92 Å². The van der Waals surface area contributed by atoms with E-state index in [0.29, 0.717) is 5.92 Å². The summed E-state index contributed by atoms with van der Waals surface area (Å²) in [4.78, 5) is 11.5. The third-order valence-corrected chi connectivity index (χ3v) is 2.86. The van der Waals surface area contributed by atoms with Crippen molar-refractivity contribution in [3.63, 3.8) is 0 Å². The van der Waals surface area contributed by atoms with Gasteiger partial charge < -0.3 is 4.74 Å². The molecule has 1 rings (SSSR count). The van der Waals surface area contributed by atoms with E-state index in [1.165, 1.54) is 0 Å². The van der Waals surface area contributed by atoms with Gasteiger partial charge in [-0.1, -0.05) is 31.9 Å². The summed E-state index contributed by atoms with van der Waals surface area (Å²) < 4.78 is 4.92. The molecule has 0 amide bonds. The average molecular weight is 192 g/mol. The van der Waals surface area contributed by atoms with E-state index in [4.69, 9.17) is 11.2 Å². The van der Waals surface area contributed by atoms with Crippen LogP contribution in [-0.2, 0) is 9.53 Å². The van der Waals surface area contributed by atoms with Gasteiger partial charge in [0.15, 0.2) is 6.61 Å². The Hall–Kier alpha value is -1.23. The van der Waals surface area contributed by atoms with Crippen molar-refractivity contribution in [2.24, 2.45) is 17.3 Å². The molecular formula is C12H16O2. The van der Waals surface area contributed by atoms with E-state index in [2.05, 4.69) is 25.8 Å². The number of carbonyl (C=O) groups excluding carboxylic acids is 1. The maximum atomic E-state index is 11.5. The molecule has 0 saturated heterocycles. The number of rotatable bonds is 3. The number of allylic oxidation sites excluding steroid dienone is 2. The highest BCUT2D eigenvalue weighted by atomic mass is 16.5. The number of hydrogen-bond donors (Lipinski definition) is 0. The van der Waals surface area contributed by atoms with Gasteiger partial charge in [0.2, 0.25) is 0 Å². The number of hydrogen-bond acceptors (Lipinski definition) is 2. The third kappa shape index (κ3) is 1.82. The Morgan fingerprint density at radius 2 is 2.29 bits per heavy atom. The van der Waals surface area contributed by atoms with Crippen molar-refractivity contribution >= 4 is 5.97 Å². The Balaban J connectivity index is 2.56. The van der Waals surface area contributed by atoms with Crippen molar-refractivity contribution in [2.45, 2.75) is 20.8 Å². The molecule has 0 aromatic rings. The molecule has 2 atom stereocenters. The zero-order valence-electron chi connectivity index (χ0n) is 8.91. The van der Waals surface area contributed by atoms with Crippen molar-refractivity contribution in [1.82, 2.24) is 0 Å². The Labute approximate surface area is 85.3 Å².